The third-order valence-corrected chi connectivity index (χ3v) is 6.38. The standard InChI is InChI=1S/C24H27FN4O5S/c1-14(16-6-8-18(32-2)17(25)12-16)27-28-24(26)35-21-13-22(30)29(23(21)31)10-9-15-5-7-19(33-3)20(11-15)34-4/h5-8,11-12,21H,9-10,13H2,1-4H3,(H2,26,28)/b27-14-/t21-/m1/s1. The number of amidine groups is 1. The largest absolute Gasteiger partial charge is 0.494 e. The lowest BCUT2D eigenvalue weighted by molar-refractivity contribution is -0.138. The monoisotopic (exact) mass is 502 g/mol. The normalized spacial score (nSPS) is 16.6. The van der Waals surface area contributed by atoms with E-state index < -0.39 is 11.1 Å². The van der Waals surface area contributed by atoms with Gasteiger partial charge in [0.25, 0.3) is 0 Å². The number of likely N-dealkylation sites (tertiary alicyclic amines) is 1. The van der Waals surface area contributed by atoms with E-state index in [4.69, 9.17) is 19.9 Å². The highest BCUT2D eigenvalue weighted by molar-refractivity contribution is 8.14. The molecule has 1 fully saturated rings. The van der Waals surface area contributed by atoms with Crippen LogP contribution in [0, 0.1) is 5.82 Å². The van der Waals surface area contributed by atoms with Gasteiger partial charge in [-0.25, -0.2) is 4.39 Å². The molecule has 1 aliphatic heterocycles. The number of carbonyl (C=O) groups is 2. The minimum absolute atomic E-state index is 0.0258. The number of methoxy groups -OCH3 is 3. The van der Waals surface area contributed by atoms with Crippen molar-refractivity contribution in [1.82, 2.24) is 4.90 Å². The van der Waals surface area contributed by atoms with E-state index in [9.17, 15) is 14.0 Å². The smallest absolute Gasteiger partial charge is 0.243 e. The molecular formula is C24H27FN4O5S. The van der Waals surface area contributed by atoms with Crippen LogP contribution in [0.1, 0.15) is 24.5 Å². The number of imide groups is 1. The van der Waals surface area contributed by atoms with E-state index in [0.29, 0.717) is 29.2 Å². The van der Waals surface area contributed by atoms with E-state index in [-0.39, 0.29) is 35.7 Å². The number of benzene rings is 2. The average Bonchev–Trinajstić information content (AvgIpc) is 3.12. The minimum Gasteiger partial charge on any atom is -0.494 e. The molecule has 2 N–H and O–H groups in total. The lowest BCUT2D eigenvalue weighted by atomic mass is 10.1. The molecule has 3 rings (SSSR count). The Morgan fingerprint density at radius 1 is 1.06 bits per heavy atom. The summed E-state index contributed by atoms with van der Waals surface area (Å²) in [5.74, 6) is 0.195. The first-order chi connectivity index (χ1) is 16.8. The first kappa shape index (κ1) is 26.0. The zero-order chi connectivity index (χ0) is 25.5. The molecule has 0 radical (unpaired) electrons. The number of ether oxygens (including phenoxy) is 3. The highest BCUT2D eigenvalue weighted by Gasteiger charge is 2.39. The molecule has 2 amide bonds. The maximum atomic E-state index is 13.9. The van der Waals surface area contributed by atoms with Crippen molar-refractivity contribution in [3.63, 3.8) is 0 Å². The molecule has 11 heteroatoms. The second kappa shape index (κ2) is 11.7. The van der Waals surface area contributed by atoms with Crippen LogP contribution >= 0.6 is 11.8 Å². The first-order valence-electron chi connectivity index (χ1n) is 10.7. The van der Waals surface area contributed by atoms with Gasteiger partial charge in [0.1, 0.15) is 5.25 Å². The number of amides is 2. The van der Waals surface area contributed by atoms with E-state index in [0.717, 1.165) is 17.3 Å². The Morgan fingerprint density at radius 3 is 2.40 bits per heavy atom. The van der Waals surface area contributed by atoms with Gasteiger partial charge in [0, 0.05) is 18.5 Å². The Morgan fingerprint density at radius 2 is 1.74 bits per heavy atom. The fourth-order valence-corrected chi connectivity index (χ4v) is 4.33. The Bertz CT molecular complexity index is 1170. The molecule has 2 aromatic rings. The summed E-state index contributed by atoms with van der Waals surface area (Å²) in [5.41, 5.74) is 7.78. The van der Waals surface area contributed by atoms with Gasteiger partial charge in [-0.2, -0.15) is 5.10 Å². The second-order valence-corrected chi connectivity index (χ2v) is 8.83. The molecule has 1 atom stereocenters. The first-order valence-corrected chi connectivity index (χ1v) is 11.6. The third kappa shape index (κ3) is 6.30. The zero-order valence-corrected chi connectivity index (χ0v) is 20.7. The molecule has 186 valence electrons. The molecule has 1 aliphatic rings. The van der Waals surface area contributed by atoms with Crippen molar-refractivity contribution >= 4 is 34.5 Å². The molecule has 9 nitrogen and oxygen atoms in total. The van der Waals surface area contributed by atoms with Crippen LogP contribution in [0.4, 0.5) is 4.39 Å². The molecule has 1 heterocycles. The lowest BCUT2D eigenvalue weighted by Crippen LogP contribution is -2.33. The summed E-state index contributed by atoms with van der Waals surface area (Å²) in [6, 6.07) is 9.88. The molecule has 35 heavy (non-hydrogen) atoms. The molecule has 1 saturated heterocycles. The highest BCUT2D eigenvalue weighted by Crippen LogP contribution is 2.29. The van der Waals surface area contributed by atoms with Crippen LogP contribution < -0.4 is 19.9 Å². The van der Waals surface area contributed by atoms with Crippen molar-refractivity contribution in [3.8, 4) is 17.2 Å². The van der Waals surface area contributed by atoms with Gasteiger partial charge in [0.15, 0.2) is 28.2 Å². The summed E-state index contributed by atoms with van der Waals surface area (Å²) < 4.78 is 29.3. The van der Waals surface area contributed by atoms with Crippen molar-refractivity contribution in [3.05, 3.63) is 53.3 Å². The highest BCUT2D eigenvalue weighted by atomic mass is 32.2. The Hall–Kier alpha value is -3.60. The maximum Gasteiger partial charge on any atom is 0.243 e. The Labute approximate surface area is 207 Å². The number of hydrogen-bond donors (Lipinski definition) is 1. The molecule has 2 aromatic carbocycles. The number of thioether (sulfide) groups is 1. The summed E-state index contributed by atoms with van der Waals surface area (Å²) in [7, 11) is 4.48. The van der Waals surface area contributed by atoms with E-state index >= 15 is 0 Å². The van der Waals surface area contributed by atoms with Gasteiger partial charge in [-0.05, 0) is 49.2 Å². The van der Waals surface area contributed by atoms with Crippen LogP contribution in [0.15, 0.2) is 46.6 Å². The van der Waals surface area contributed by atoms with Gasteiger partial charge in [-0.1, -0.05) is 17.8 Å². The quantitative estimate of drug-likeness (QED) is 0.243. The van der Waals surface area contributed by atoms with Gasteiger partial charge < -0.3 is 19.9 Å². The number of carbonyl (C=O) groups excluding carboxylic acids is 2. The van der Waals surface area contributed by atoms with E-state index in [1.807, 2.05) is 12.1 Å². The van der Waals surface area contributed by atoms with E-state index in [1.54, 1.807) is 33.3 Å². The van der Waals surface area contributed by atoms with Crippen molar-refractivity contribution < 1.29 is 28.2 Å². The molecular weight excluding hydrogens is 475 g/mol. The van der Waals surface area contributed by atoms with Crippen LogP contribution in [0.2, 0.25) is 0 Å². The topological polar surface area (TPSA) is 116 Å². The molecule has 0 spiro atoms. The molecule has 0 unspecified atom stereocenters. The summed E-state index contributed by atoms with van der Waals surface area (Å²) in [4.78, 5) is 26.5. The minimum atomic E-state index is -0.675. The van der Waals surface area contributed by atoms with Crippen molar-refractivity contribution in [1.29, 1.82) is 0 Å². The number of nitrogens with two attached hydrogens (primary N) is 1. The number of hydrogen-bond acceptors (Lipinski definition) is 8. The molecule has 0 aromatic heterocycles. The van der Waals surface area contributed by atoms with Crippen LogP contribution in [0.5, 0.6) is 17.2 Å². The van der Waals surface area contributed by atoms with E-state index in [1.165, 1.54) is 24.1 Å². The van der Waals surface area contributed by atoms with Gasteiger partial charge in [0.2, 0.25) is 11.8 Å². The summed E-state index contributed by atoms with van der Waals surface area (Å²) in [6.45, 7) is 1.89. The maximum absolute atomic E-state index is 13.9. The van der Waals surface area contributed by atoms with Gasteiger partial charge >= 0.3 is 0 Å². The number of rotatable bonds is 9. The Balaban J connectivity index is 1.61. The SMILES string of the molecule is COc1ccc(/C(C)=N\N=C(N)S[C@@H]2CC(=O)N(CCc3ccc(OC)c(OC)c3)C2=O)cc1F. The predicted molar refractivity (Wildman–Crippen MR) is 133 cm³/mol. The second-order valence-electron chi connectivity index (χ2n) is 7.61. The van der Waals surface area contributed by atoms with Crippen molar-refractivity contribution in [2.24, 2.45) is 15.9 Å². The van der Waals surface area contributed by atoms with Crippen LogP contribution in [-0.2, 0) is 16.0 Å². The number of halogens is 1. The van der Waals surface area contributed by atoms with Gasteiger partial charge in [0.05, 0.1) is 27.0 Å². The summed E-state index contributed by atoms with van der Waals surface area (Å²) in [6.07, 6.45) is 0.499. The van der Waals surface area contributed by atoms with Crippen molar-refractivity contribution in [2.45, 2.75) is 25.0 Å². The zero-order valence-electron chi connectivity index (χ0n) is 19.9. The van der Waals surface area contributed by atoms with Crippen molar-refractivity contribution in [2.75, 3.05) is 27.9 Å². The summed E-state index contributed by atoms with van der Waals surface area (Å²) >= 11 is 0.980. The van der Waals surface area contributed by atoms with Gasteiger partial charge in [-0.3, -0.25) is 14.5 Å². The van der Waals surface area contributed by atoms with Crippen LogP contribution in [0.25, 0.3) is 0 Å². The average molecular weight is 503 g/mol. The summed E-state index contributed by atoms with van der Waals surface area (Å²) in [5, 5.41) is 7.31. The fraction of sp³-hybridized carbons (Fsp3) is 0.333. The number of nitrogens with zero attached hydrogens (tertiary/aromatic N) is 3. The van der Waals surface area contributed by atoms with Gasteiger partial charge in [-0.15, -0.1) is 5.10 Å². The van der Waals surface area contributed by atoms with E-state index in [2.05, 4.69) is 10.2 Å². The fourth-order valence-electron chi connectivity index (χ4n) is 3.50. The lowest BCUT2D eigenvalue weighted by Gasteiger charge is -2.15. The van der Waals surface area contributed by atoms with Crippen LogP contribution in [-0.4, -0.2) is 60.7 Å². The predicted octanol–water partition coefficient (Wildman–Crippen LogP) is 2.99. The Kier molecular flexibility index (Phi) is 8.69. The van der Waals surface area contributed by atoms with Crippen LogP contribution in [0.3, 0.4) is 0 Å². The molecule has 0 bridgehead atoms. The molecule has 0 aliphatic carbocycles. The third-order valence-electron chi connectivity index (χ3n) is 5.41. The molecule has 0 saturated carbocycles.